The van der Waals surface area contributed by atoms with Gasteiger partial charge in [0.15, 0.2) is 5.65 Å². The standard InChI is InChI=1S/C21H25N5O/c1-14-11-23-20-19(24-14)18-16-6-4-9-25(16)10-7-17(18)26(20)13-21(2,27)15-5-3-8-22-12-15/h3,5,8,11-12,16,27H,4,6-7,9-10,13H2,1-2H3. The van der Waals surface area contributed by atoms with Crippen molar-refractivity contribution < 1.29 is 5.11 Å². The van der Waals surface area contributed by atoms with Crippen molar-refractivity contribution in [1.82, 2.24) is 24.4 Å². The van der Waals surface area contributed by atoms with E-state index in [1.54, 1.807) is 12.4 Å². The Morgan fingerprint density at radius 1 is 1.30 bits per heavy atom. The number of aliphatic hydroxyl groups is 1. The summed E-state index contributed by atoms with van der Waals surface area (Å²) in [5, 5.41) is 11.2. The Bertz CT molecular complexity index is 995. The van der Waals surface area contributed by atoms with Crippen LogP contribution in [0.2, 0.25) is 0 Å². The van der Waals surface area contributed by atoms with Crippen molar-refractivity contribution in [1.29, 1.82) is 0 Å². The first-order valence-electron chi connectivity index (χ1n) is 9.76. The highest BCUT2D eigenvalue weighted by Crippen LogP contribution is 2.42. The number of aryl methyl sites for hydroxylation is 1. The Balaban J connectivity index is 1.67. The molecule has 0 radical (unpaired) electrons. The first-order chi connectivity index (χ1) is 13.0. The lowest BCUT2D eigenvalue weighted by molar-refractivity contribution is 0.0378. The Morgan fingerprint density at radius 2 is 2.19 bits per heavy atom. The minimum absolute atomic E-state index is 0.442. The van der Waals surface area contributed by atoms with Gasteiger partial charge in [-0.25, -0.2) is 9.97 Å². The number of nitrogens with zero attached hydrogens (tertiary/aromatic N) is 5. The van der Waals surface area contributed by atoms with E-state index in [0.29, 0.717) is 12.6 Å². The molecule has 0 aromatic carbocycles. The molecule has 1 N–H and O–H groups in total. The van der Waals surface area contributed by atoms with Crippen molar-refractivity contribution in [3.63, 3.8) is 0 Å². The second-order valence-electron chi connectivity index (χ2n) is 8.09. The summed E-state index contributed by atoms with van der Waals surface area (Å²) in [6, 6.07) is 4.24. The normalized spacial score (nSPS) is 21.8. The molecule has 1 fully saturated rings. The fourth-order valence-corrected chi connectivity index (χ4v) is 4.80. The van der Waals surface area contributed by atoms with Crippen molar-refractivity contribution in [3.05, 3.63) is 53.2 Å². The van der Waals surface area contributed by atoms with Crippen molar-refractivity contribution in [2.45, 2.75) is 51.3 Å². The largest absolute Gasteiger partial charge is 0.384 e. The lowest BCUT2D eigenvalue weighted by Crippen LogP contribution is -2.33. The summed E-state index contributed by atoms with van der Waals surface area (Å²) >= 11 is 0. The van der Waals surface area contributed by atoms with E-state index in [9.17, 15) is 5.11 Å². The van der Waals surface area contributed by atoms with Crippen LogP contribution in [0.1, 0.15) is 48.3 Å². The van der Waals surface area contributed by atoms with Crippen LogP contribution in [0.5, 0.6) is 0 Å². The Hall–Kier alpha value is -2.31. The van der Waals surface area contributed by atoms with Gasteiger partial charge in [0.05, 0.1) is 18.4 Å². The third-order valence-corrected chi connectivity index (χ3v) is 6.10. The van der Waals surface area contributed by atoms with Gasteiger partial charge in [0.2, 0.25) is 0 Å². The Kier molecular flexibility index (Phi) is 3.81. The Labute approximate surface area is 158 Å². The van der Waals surface area contributed by atoms with Gasteiger partial charge in [-0.15, -0.1) is 0 Å². The van der Waals surface area contributed by atoms with E-state index in [0.717, 1.165) is 35.4 Å². The van der Waals surface area contributed by atoms with E-state index in [1.165, 1.54) is 30.6 Å². The van der Waals surface area contributed by atoms with Crippen LogP contribution in [-0.4, -0.2) is 42.6 Å². The molecule has 0 spiro atoms. The maximum atomic E-state index is 11.2. The highest BCUT2D eigenvalue weighted by Gasteiger charge is 2.37. The quantitative estimate of drug-likeness (QED) is 0.775. The SMILES string of the molecule is Cc1cnc2c(n1)c1c(n2CC(C)(O)c2cccnc2)CCN2CCCC12. The molecule has 1 saturated heterocycles. The average Bonchev–Trinajstić information content (AvgIpc) is 3.25. The first-order valence-corrected chi connectivity index (χ1v) is 9.76. The molecule has 0 amide bonds. The summed E-state index contributed by atoms with van der Waals surface area (Å²) in [6.45, 7) is 6.55. The molecule has 6 heteroatoms. The number of aromatic nitrogens is 4. The zero-order valence-corrected chi connectivity index (χ0v) is 15.9. The Morgan fingerprint density at radius 3 is 3.00 bits per heavy atom. The predicted molar refractivity (Wildman–Crippen MR) is 103 cm³/mol. The molecule has 5 rings (SSSR count). The van der Waals surface area contributed by atoms with Crippen LogP contribution in [-0.2, 0) is 18.6 Å². The van der Waals surface area contributed by atoms with Gasteiger partial charge in [0, 0.05) is 48.2 Å². The predicted octanol–water partition coefficient (Wildman–Crippen LogP) is 2.74. The summed E-state index contributed by atoms with van der Waals surface area (Å²) in [5.74, 6) is 0. The van der Waals surface area contributed by atoms with Crippen molar-refractivity contribution in [2.75, 3.05) is 13.1 Å². The van der Waals surface area contributed by atoms with E-state index in [2.05, 4.69) is 14.5 Å². The third kappa shape index (κ3) is 2.66. The summed E-state index contributed by atoms with van der Waals surface area (Å²) in [7, 11) is 0. The van der Waals surface area contributed by atoms with Crippen LogP contribution >= 0.6 is 0 Å². The van der Waals surface area contributed by atoms with E-state index in [4.69, 9.17) is 9.97 Å². The van der Waals surface area contributed by atoms with Gasteiger partial charge in [-0.1, -0.05) is 6.07 Å². The highest BCUT2D eigenvalue weighted by molar-refractivity contribution is 5.79. The van der Waals surface area contributed by atoms with Crippen molar-refractivity contribution in [3.8, 4) is 0 Å². The minimum Gasteiger partial charge on any atom is -0.384 e. The second-order valence-corrected chi connectivity index (χ2v) is 8.09. The van der Waals surface area contributed by atoms with Gasteiger partial charge in [0.25, 0.3) is 0 Å². The molecule has 27 heavy (non-hydrogen) atoms. The van der Waals surface area contributed by atoms with Gasteiger partial charge in [-0.05, 0) is 39.3 Å². The van der Waals surface area contributed by atoms with Gasteiger partial charge in [-0.2, -0.15) is 0 Å². The number of rotatable bonds is 3. The van der Waals surface area contributed by atoms with Crippen LogP contribution in [0, 0.1) is 6.92 Å². The van der Waals surface area contributed by atoms with E-state index in [1.807, 2.05) is 32.2 Å². The number of pyridine rings is 1. The van der Waals surface area contributed by atoms with Gasteiger partial charge in [0.1, 0.15) is 11.1 Å². The highest BCUT2D eigenvalue weighted by atomic mass is 16.3. The van der Waals surface area contributed by atoms with Crippen molar-refractivity contribution in [2.24, 2.45) is 0 Å². The summed E-state index contributed by atoms with van der Waals surface area (Å²) in [5.41, 5.74) is 5.28. The van der Waals surface area contributed by atoms with Crippen LogP contribution < -0.4 is 0 Å². The first kappa shape index (κ1) is 16.8. The lowest BCUT2D eigenvalue weighted by atomic mass is 9.96. The smallest absolute Gasteiger partial charge is 0.159 e. The van der Waals surface area contributed by atoms with Crippen LogP contribution in [0.15, 0.2) is 30.7 Å². The molecule has 3 aromatic rings. The van der Waals surface area contributed by atoms with Crippen molar-refractivity contribution >= 4 is 11.2 Å². The molecule has 0 saturated carbocycles. The summed E-state index contributed by atoms with van der Waals surface area (Å²) in [4.78, 5) is 16.4. The third-order valence-electron chi connectivity index (χ3n) is 6.10. The molecule has 6 nitrogen and oxygen atoms in total. The van der Waals surface area contributed by atoms with Gasteiger partial charge < -0.3 is 9.67 Å². The molecule has 2 aliphatic heterocycles. The van der Waals surface area contributed by atoms with Crippen LogP contribution in [0.25, 0.3) is 11.2 Å². The molecule has 0 bridgehead atoms. The van der Waals surface area contributed by atoms with E-state index >= 15 is 0 Å². The molecular weight excluding hydrogens is 338 g/mol. The molecule has 2 unspecified atom stereocenters. The number of hydrogen-bond donors (Lipinski definition) is 1. The van der Waals surface area contributed by atoms with Gasteiger partial charge in [-0.3, -0.25) is 9.88 Å². The lowest BCUT2D eigenvalue weighted by Gasteiger charge is -2.32. The molecule has 2 aliphatic rings. The fraction of sp³-hybridized carbons (Fsp3) is 0.476. The fourth-order valence-electron chi connectivity index (χ4n) is 4.80. The summed E-state index contributed by atoms with van der Waals surface area (Å²) in [6.07, 6.45) is 8.70. The number of hydrogen-bond acceptors (Lipinski definition) is 5. The minimum atomic E-state index is -1.02. The molecule has 0 aliphatic carbocycles. The maximum absolute atomic E-state index is 11.2. The molecule has 5 heterocycles. The van der Waals surface area contributed by atoms with Crippen LogP contribution in [0.4, 0.5) is 0 Å². The zero-order chi connectivity index (χ0) is 18.6. The second kappa shape index (κ2) is 6.11. The topological polar surface area (TPSA) is 67.1 Å². The zero-order valence-electron chi connectivity index (χ0n) is 15.9. The van der Waals surface area contributed by atoms with E-state index < -0.39 is 5.60 Å². The number of fused-ring (bicyclic) bond motifs is 5. The van der Waals surface area contributed by atoms with E-state index in [-0.39, 0.29) is 0 Å². The molecular formula is C21H25N5O. The van der Waals surface area contributed by atoms with Gasteiger partial charge >= 0.3 is 0 Å². The summed E-state index contributed by atoms with van der Waals surface area (Å²) < 4.78 is 2.21. The molecule has 2 atom stereocenters. The monoisotopic (exact) mass is 363 g/mol. The van der Waals surface area contributed by atoms with Crippen LogP contribution in [0.3, 0.4) is 0 Å². The molecule has 3 aromatic heterocycles. The average molecular weight is 363 g/mol. The maximum Gasteiger partial charge on any atom is 0.159 e. The molecule has 140 valence electrons.